The lowest BCUT2D eigenvalue weighted by Gasteiger charge is -2.37. The predicted molar refractivity (Wildman–Crippen MR) is 91.9 cm³/mol. The van der Waals surface area contributed by atoms with Crippen LogP contribution in [0.2, 0.25) is 0 Å². The van der Waals surface area contributed by atoms with Gasteiger partial charge in [0, 0.05) is 26.2 Å². The zero-order valence-corrected chi connectivity index (χ0v) is 14.8. The molecule has 0 bridgehead atoms. The van der Waals surface area contributed by atoms with Crippen molar-refractivity contribution in [2.45, 2.75) is 19.9 Å². The Kier molecular flexibility index (Phi) is 5.64. The third-order valence-corrected chi connectivity index (χ3v) is 5.45. The number of carbonyl (C=O) groups excluding carboxylic acids is 1. The third kappa shape index (κ3) is 4.23. The Balaban J connectivity index is 2.18. The highest BCUT2D eigenvalue weighted by molar-refractivity contribution is 7.92. The van der Waals surface area contributed by atoms with Gasteiger partial charge in [0.2, 0.25) is 15.9 Å². The lowest BCUT2D eigenvalue weighted by atomic mass is 10.2. The highest BCUT2D eigenvalue weighted by atomic mass is 32.2. The Morgan fingerprint density at radius 3 is 2.22 bits per heavy atom. The number of rotatable bonds is 5. The Bertz CT molecular complexity index is 625. The van der Waals surface area contributed by atoms with Crippen LogP contribution in [0, 0.1) is 0 Å². The van der Waals surface area contributed by atoms with Crippen molar-refractivity contribution in [1.82, 2.24) is 9.80 Å². The van der Waals surface area contributed by atoms with E-state index in [1.165, 1.54) is 4.31 Å². The Labute approximate surface area is 138 Å². The first kappa shape index (κ1) is 17.7. The van der Waals surface area contributed by atoms with E-state index in [2.05, 4.69) is 11.8 Å². The first-order chi connectivity index (χ1) is 10.8. The van der Waals surface area contributed by atoms with E-state index in [1.54, 1.807) is 36.1 Å². The lowest BCUT2D eigenvalue weighted by molar-refractivity contribution is -0.133. The van der Waals surface area contributed by atoms with Crippen molar-refractivity contribution >= 4 is 21.6 Å². The molecule has 1 aromatic carbocycles. The van der Waals surface area contributed by atoms with Crippen molar-refractivity contribution < 1.29 is 13.2 Å². The van der Waals surface area contributed by atoms with Crippen molar-refractivity contribution in [3.8, 4) is 0 Å². The van der Waals surface area contributed by atoms with Gasteiger partial charge in [0.25, 0.3) is 0 Å². The van der Waals surface area contributed by atoms with Crippen LogP contribution in [0.4, 0.5) is 5.69 Å². The molecule has 0 spiro atoms. The van der Waals surface area contributed by atoms with Crippen LogP contribution in [0.1, 0.15) is 13.8 Å². The number of para-hydroxylation sites is 1. The molecule has 0 saturated carbocycles. The molecule has 1 fully saturated rings. The van der Waals surface area contributed by atoms with E-state index >= 15 is 0 Å². The summed E-state index contributed by atoms with van der Waals surface area (Å²) in [5, 5.41) is 0. The summed E-state index contributed by atoms with van der Waals surface area (Å²) < 4.78 is 25.6. The topological polar surface area (TPSA) is 60.9 Å². The highest BCUT2D eigenvalue weighted by Gasteiger charge is 2.33. The van der Waals surface area contributed by atoms with Crippen LogP contribution in [0.5, 0.6) is 0 Å². The second-order valence-corrected chi connectivity index (χ2v) is 7.69. The quantitative estimate of drug-likeness (QED) is 0.803. The largest absolute Gasteiger partial charge is 0.338 e. The molecule has 1 atom stereocenters. The maximum absolute atomic E-state index is 12.8. The zero-order chi connectivity index (χ0) is 17.0. The number of amides is 1. The average molecular weight is 339 g/mol. The minimum Gasteiger partial charge on any atom is -0.338 e. The van der Waals surface area contributed by atoms with Gasteiger partial charge in [0.05, 0.1) is 11.9 Å². The van der Waals surface area contributed by atoms with E-state index in [-0.39, 0.29) is 5.91 Å². The fourth-order valence-corrected chi connectivity index (χ4v) is 4.10. The molecule has 1 aliphatic heterocycles. The summed E-state index contributed by atoms with van der Waals surface area (Å²) in [6, 6.07) is 8.02. The van der Waals surface area contributed by atoms with E-state index in [9.17, 15) is 13.2 Å². The molecule has 1 aromatic rings. The van der Waals surface area contributed by atoms with E-state index in [0.29, 0.717) is 18.8 Å². The van der Waals surface area contributed by atoms with Gasteiger partial charge in [0.15, 0.2) is 0 Å². The number of anilines is 1. The van der Waals surface area contributed by atoms with Gasteiger partial charge in [-0.1, -0.05) is 25.1 Å². The molecule has 1 heterocycles. The van der Waals surface area contributed by atoms with Crippen molar-refractivity contribution in [2.75, 3.05) is 43.3 Å². The van der Waals surface area contributed by atoms with Gasteiger partial charge in [-0.15, -0.1) is 0 Å². The van der Waals surface area contributed by atoms with Gasteiger partial charge < -0.3 is 9.80 Å². The van der Waals surface area contributed by atoms with Crippen LogP contribution >= 0.6 is 0 Å². The van der Waals surface area contributed by atoms with Crippen LogP contribution < -0.4 is 4.31 Å². The maximum Gasteiger partial charge on any atom is 0.246 e. The fraction of sp³-hybridized carbons (Fsp3) is 0.562. The molecule has 0 radical (unpaired) electrons. The number of nitrogens with zero attached hydrogens (tertiary/aromatic N) is 3. The summed E-state index contributed by atoms with van der Waals surface area (Å²) >= 11 is 0. The molecule has 7 heteroatoms. The summed E-state index contributed by atoms with van der Waals surface area (Å²) in [5.41, 5.74) is 0.517. The first-order valence-corrected chi connectivity index (χ1v) is 9.75. The van der Waals surface area contributed by atoms with Gasteiger partial charge in [-0.25, -0.2) is 8.42 Å². The standard InChI is InChI=1S/C16H25N3O3S/c1-4-17-10-12-18(13-11-17)16(20)14(2)19(23(3,21)22)15-8-6-5-7-9-15/h5-9,14H,4,10-13H2,1-3H3. The van der Waals surface area contributed by atoms with Crippen molar-refractivity contribution in [1.29, 1.82) is 0 Å². The highest BCUT2D eigenvalue weighted by Crippen LogP contribution is 2.21. The van der Waals surface area contributed by atoms with Crippen LogP contribution in [-0.4, -0.2) is 69.1 Å². The van der Waals surface area contributed by atoms with Crippen LogP contribution in [0.25, 0.3) is 0 Å². The maximum atomic E-state index is 12.8. The van der Waals surface area contributed by atoms with Gasteiger partial charge in [-0.05, 0) is 25.6 Å². The van der Waals surface area contributed by atoms with Gasteiger partial charge in [0.1, 0.15) is 6.04 Å². The molecule has 1 unspecified atom stereocenters. The van der Waals surface area contributed by atoms with E-state index in [1.807, 2.05) is 6.07 Å². The monoisotopic (exact) mass is 339 g/mol. The van der Waals surface area contributed by atoms with Crippen molar-refractivity contribution in [3.05, 3.63) is 30.3 Å². The van der Waals surface area contributed by atoms with Gasteiger partial charge in [-0.2, -0.15) is 0 Å². The first-order valence-electron chi connectivity index (χ1n) is 7.90. The molecule has 1 aliphatic rings. The summed E-state index contributed by atoms with van der Waals surface area (Å²) in [4.78, 5) is 16.8. The van der Waals surface area contributed by atoms with E-state index < -0.39 is 16.1 Å². The number of hydrogen-bond donors (Lipinski definition) is 0. The molecule has 0 N–H and O–H groups in total. The second-order valence-electron chi connectivity index (χ2n) is 5.83. The summed E-state index contributed by atoms with van der Waals surface area (Å²) in [6.45, 7) is 7.67. The summed E-state index contributed by atoms with van der Waals surface area (Å²) in [6.07, 6.45) is 1.14. The fourth-order valence-electron chi connectivity index (χ4n) is 2.93. The third-order valence-electron chi connectivity index (χ3n) is 4.21. The smallest absolute Gasteiger partial charge is 0.246 e. The van der Waals surface area contributed by atoms with Gasteiger partial charge in [-0.3, -0.25) is 9.10 Å². The van der Waals surface area contributed by atoms with E-state index in [4.69, 9.17) is 0 Å². The molecule has 0 aromatic heterocycles. The Morgan fingerprint density at radius 1 is 1.17 bits per heavy atom. The molecule has 1 amide bonds. The molecular formula is C16H25N3O3S. The minimum absolute atomic E-state index is 0.143. The van der Waals surface area contributed by atoms with Gasteiger partial charge >= 0.3 is 0 Å². The SMILES string of the molecule is CCN1CCN(C(=O)C(C)N(c2ccccc2)S(C)(=O)=O)CC1. The number of hydrogen-bond acceptors (Lipinski definition) is 4. The van der Waals surface area contributed by atoms with Crippen molar-refractivity contribution in [2.24, 2.45) is 0 Å². The molecule has 0 aliphatic carbocycles. The average Bonchev–Trinajstić information content (AvgIpc) is 2.54. The molecule has 23 heavy (non-hydrogen) atoms. The lowest BCUT2D eigenvalue weighted by Crippen LogP contribution is -2.55. The zero-order valence-electron chi connectivity index (χ0n) is 14.0. The Hall–Kier alpha value is -1.60. The molecule has 2 rings (SSSR count). The van der Waals surface area contributed by atoms with Crippen LogP contribution in [-0.2, 0) is 14.8 Å². The number of likely N-dealkylation sites (N-methyl/N-ethyl adjacent to an activating group) is 1. The molecule has 1 saturated heterocycles. The van der Waals surface area contributed by atoms with Crippen molar-refractivity contribution in [3.63, 3.8) is 0 Å². The van der Waals surface area contributed by atoms with Crippen LogP contribution in [0.3, 0.4) is 0 Å². The summed E-state index contributed by atoms with van der Waals surface area (Å²) in [7, 11) is -3.54. The number of carbonyl (C=O) groups is 1. The Morgan fingerprint density at radius 2 is 1.74 bits per heavy atom. The van der Waals surface area contributed by atoms with E-state index in [0.717, 1.165) is 25.9 Å². The molecule has 6 nitrogen and oxygen atoms in total. The predicted octanol–water partition coefficient (Wildman–Crippen LogP) is 1.01. The number of piperazine rings is 1. The number of benzene rings is 1. The second kappa shape index (κ2) is 7.31. The normalized spacial score (nSPS) is 17.8. The number of sulfonamides is 1. The molecule has 128 valence electrons. The summed E-state index contributed by atoms with van der Waals surface area (Å²) in [5.74, 6) is -0.143. The van der Waals surface area contributed by atoms with Crippen LogP contribution in [0.15, 0.2) is 30.3 Å². The molecular weight excluding hydrogens is 314 g/mol. The minimum atomic E-state index is -3.54.